The molecule has 8 heteroatoms. The fourth-order valence-corrected chi connectivity index (χ4v) is 5.11. The molecule has 0 spiro atoms. The minimum atomic E-state index is -0.144. The number of nitrogens with one attached hydrogen (secondary N) is 1. The molecule has 0 aliphatic rings. The Morgan fingerprint density at radius 1 is 1.15 bits per heavy atom. The molecule has 2 aromatic heterocycles. The van der Waals surface area contributed by atoms with Gasteiger partial charge in [0.15, 0.2) is 5.16 Å². The van der Waals surface area contributed by atoms with E-state index >= 15 is 0 Å². The Bertz CT molecular complexity index is 1310. The second kappa shape index (κ2) is 10.3. The van der Waals surface area contributed by atoms with Crippen LogP contribution in [0.3, 0.4) is 0 Å². The van der Waals surface area contributed by atoms with Crippen LogP contribution in [0.5, 0.6) is 0 Å². The summed E-state index contributed by atoms with van der Waals surface area (Å²) in [6, 6.07) is 18.3. The first-order valence-corrected chi connectivity index (χ1v) is 12.6. The van der Waals surface area contributed by atoms with Crippen LogP contribution in [0.15, 0.2) is 64.5 Å². The van der Waals surface area contributed by atoms with Crippen molar-refractivity contribution in [3.63, 3.8) is 0 Å². The molecule has 0 saturated carbocycles. The molecule has 0 aliphatic heterocycles. The molecule has 0 bridgehead atoms. The highest BCUT2D eigenvalue weighted by Crippen LogP contribution is 2.29. The Morgan fingerprint density at radius 3 is 2.61 bits per heavy atom. The maximum atomic E-state index is 12.9. The molecule has 2 aromatic carbocycles. The largest absolute Gasteiger partial charge is 0.353 e. The second-order valence-electron chi connectivity index (χ2n) is 8.11. The van der Waals surface area contributed by atoms with Crippen LogP contribution < -0.4 is 10.9 Å². The maximum absolute atomic E-state index is 12.9. The molecule has 0 fully saturated rings. The van der Waals surface area contributed by atoms with Crippen molar-refractivity contribution in [2.45, 2.75) is 37.9 Å². The zero-order valence-corrected chi connectivity index (χ0v) is 20.5. The van der Waals surface area contributed by atoms with Gasteiger partial charge < -0.3 is 5.32 Å². The van der Waals surface area contributed by atoms with E-state index in [0.29, 0.717) is 21.1 Å². The molecule has 1 amide bonds. The summed E-state index contributed by atoms with van der Waals surface area (Å²) >= 11 is 2.43. The summed E-state index contributed by atoms with van der Waals surface area (Å²) in [5.74, 6) is 0.121. The van der Waals surface area contributed by atoms with Gasteiger partial charge in [-0.2, -0.15) is 4.37 Å². The van der Waals surface area contributed by atoms with Crippen molar-refractivity contribution in [2.24, 2.45) is 7.05 Å². The molecule has 1 atom stereocenters. The number of benzene rings is 2. The predicted molar refractivity (Wildman–Crippen MR) is 136 cm³/mol. The summed E-state index contributed by atoms with van der Waals surface area (Å²) in [4.78, 5) is 30.1. The standard InChI is InChI=1S/C25H26N4O2S2/c1-16-9-13-19(14-10-16)21-22-23(33-28-21)24(31)29(3)25(27-22)32-15-20(30)26-17(2)11-12-18-7-5-4-6-8-18/h4-10,13-14,17H,11-12,15H2,1-3H3,(H,26,30). The molecule has 0 aliphatic carbocycles. The molecular formula is C25H26N4O2S2. The van der Waals surface area contributed by atoms with Crippen molar-refractivity contribution in [3.05, 3.63) is 76.1 Å². The van der Waals surface area contributed by atoms with Crippen molar-refractivity contribution < 1.29 is 4.79 Å². The van der Waals surface area contributed by atoms with Gasteiger partial charge >= 0.3 is 0 Å². The summed E-state index contributed by atoms with van der Waals surface area (Å²) in [5, 5.41) is 3.55. The van der Waals surface area contributed by atoms with Crippen LogP contribution in [-0.4, -0.2) is 31.6 Å². The summed E-state index contributed by atoms with van der Waals surface area (Å²) in [6.45, 7) is 4.04. The fraction of sp³-hybridized carbons (Fsp3) is 0.280. The third kappa shape index (κ3) is 5.51. The Morgan fingerprint density at radius 2 is 1.88 bits per heavy atom. The Balaban J connectivity index is 1.44. The molecular weight excluding hydrogens is 452 g/mol. The first kappa shape index (κ1) is 23.2. The number of hydrogen-bond donors (Lipinski definition) is 1. The molecule has 1 N–H and O–H groups in total. The Kier molecular flexibility index (Phi) is 7.25. The van der Waals surface area contributed by atoms with Crippen LogP contribution in [-0.2, 0) is 18.3 Å². The number of nitrogens with zero attached hydrogens (tertiary/aromatic N) is 3. The SMILES string of the molecule is Cc1ccc(-c2nsc3c(=O)n(C)c(SCC(=O)NC(C)CCc4ccccc4)nc23)cc1. The van der Waals surface area contributed by atoms with Crippen LogP contribution in [0.1, 0.15) is 24.5 Å². The Hall–Kier alpha value is -2.97. The summed E-state index contributed by atoms with van der Waals surface area (Å²) in [7, 11) is 1.68. The van der Waals surface area contributed by atoms with E-state index in [-0.39, 0.29) is 23.3 Å². The average Bonchev–Trinajstić information content (AvgIpc) is 3.24. The number of carbonyl (C=O) groups is 1. The van der Waals surface area contributed by atoms with Crippen LogP contribution in [0.4, 0.5) is 0 Å². The molecule has 4 rings (SSSR count). The number of aromatic nitrogens is 3. The number of carbonyl (C=O) groups excluding carboxylic acids is 1. The van der Waals surface area contributed by atoms with Gasteiger partial charge in [0.1, 0.15) is 15.9 Å². The first-order valence-electron chi connectivity index (χ1n) is 10.8. The van der Waals surface area contributed by atoms with Crippen LogP contribution >= 0.6 is 23.3 Å². The smallest absolute Gasteiger partial charge is 0.273 e. The van der Waals surface area contributed by atoms with E-state index in [2.05, 4.69) is 21.8 Å². The lowest BCUT2D eigenvalue weighted by Crippen LogP contribution is -2.34. The number of amides is 1. The second-order valence-corrected chi connectivity index (χ2v) is 9.83. The lowest BCUT2D eigenvalue weighted by atomic mass is 10.1. The summed E-state index contributed by atoms with van der Waals surface area (Å²) < 4.78 is 6.52. The number of hydrogen-bond acceptors (Lipinski definition) is 6. The third-order valence-corrected chi connectivity index (χ3v) is 7.29. The highest BCUT2D eigenvalue weighted by molar-refractivity contribution is 7.99. The van der Waals surface area contributed by atoms with Crippen LogP contribution in [0.25, 0.3) is 21.5 Å². The van der Waals surface area contributed by atoms with E-state index in [1.54, 1.807) is 7.05 Å². The lowest BCUT2D eigenvalue weighted by molar-refractivity contribution is -0.119. The monoisotopic (exact) mass is 478 g/mol. The van der Waals surface area contributed by atoms with Crippen molar-refractivity contribution >= 4 is 39.4 Å². The van der Waals surface area contributed by atoms with Gasteiger partial charge in [0.25, 0.3) is 5.56 Å². The average molecular weight is 479 g/mol. The van der Waals surface area contributed by atoms with E-state index in [9.17, 15) is 9.59 Å². The quantitative estimate of drug-likeness (QED) is 0.296. The number of thioether (sulfide) groups is 1. The maximum Gasteiger partial charge on any atom is 0.273 e. The van der Waals surface area contributed by atoms with E-state index in [0.717, 1.165) is 35.5 Å². The molecule has 4 aromatic rings. The fourth-order valence-electron chi connectivity index (χ4n) is 3.52. The zero-order valence-electron chi connectivity index (χ0n) is 18.9. The molecule has 0 radical (unpaired) electrons. The predicted octanol–water partition coefficient (Wildman–Crippen LogP) is 4.60. The van der Waals surface area contributed by atoms with Gasteiger partial charge in [-0.15, -0.1) is 0 Å². The van der Waals surface area contributed by atoms with Gasteiger partial charge in [-0.3, -0.25) is 14.2 Å². The molecule has 170 valence electrons. The highest BCUT2D eigenvalue weighted by Gasteiger charge is 2.18. The van der Waals surface area contributed by atoms with E-state index in [1.165, 1.54) is 21.9 Å². The van der Waals surface area contributed by atoms with E-state index in [4.69, 9.17) is 4.98 Å². The van der Waals surface area contributed by atoms with Gasteiger partial charge in [-0.05, 0) is 43.8 Å². The normalized spacial score (nSPS) is 12.1. The van der Waals surface area contributed by atoms with Crippen molar-refractivity contribution in [3.8, 4) is 11.3 Å². The van der Waals surface area contributed by atoms with Gasteiger partial charge in [0, 0.05) is 18.7 Å². The summed E-state index contributed by atoms with van der Waals surface area (Å²) in [5.41, 5.74) is 4.49. The van der Waals surface area contributed by atoms with Crippen molar-refractivity contribution in [1.29, 1.82) is 0 Å². The van der Waals surface area contributed by atoms with E-state index in [1.807, 2.05) is 56.3 Å². The van der Waals surface area contributed by atoms with Gasteiger partial charge in [0.05, 0.1) is 5.75 Å². The minimum Gasteiger partial charge on any atom is -0.353 e. The van der Waals surface area contributed by atoms with E-state index < -0.39 is 0 Å². The number of aryl methyl sites for hydroxylation is 2. The minimum absolute atomic E-state index is 0.0618. The lowest BCUT2D eigenvalue weighted by Gasteiger charge is -2.14. The Labute approximate surface area is 201 Å². The first-order chi connectivity index (χ1) is 15.9. The van der Waals surface area contributed by atoms with Crippen LogP contribution in [0.2, 0.25) is 0 Å². The molecule has 6 nitrogen and oxygen atoms in total. The molecule has 1 unspecified atom stereocenters. The van der Waals surface area contributed by atoms with Gasteiger partial charge in [-0.1, -0.05) is 71.9 Å². The number of rotatable bonds is 8. The molecule has 2 heterocycles. The van der Waals surface area contributed by atoms with Crippen molar-refractivity contribution in [1.82, 2.24) is 19.2 Å². The van der Waals surface area contributed by atoms with Crippen LogP contribution in [0, 0.1) is 6.92 Å². The summed E-state index contributed by atoms with van der Waals surface area (Å²) in [6.07, 6.45) is 1.78. The highest BCUT2D eigenvalue weighted by atomic mass is 32.2. The van der Waals surface area contributed by atoms with Crippen molar-refractivity contribution in [2.75, 3.05) is 5.75 Å². The number of fused-ring (bicyclic) bond motifs is 1. The molecule has 33 heavy (non-hydrogen) atoms. The third-order valence-electron chi connectivity index (χ3n) is 5.43. The zero-order chi connectivity index (χ0) is 23.4. The molecule has 0 saturated heterocycles. The topological polar surface area (TPSA) is 76.9 Å². The van der Waals surface area contributed by atoms with Gasteiger partial charge in [-0.25, -0.2) is 4.98 Å². The van der Waals surface area contributed by atoms with Gasteiger partial charge in [0.2, 0.25) is 5.91 Å².